The fourth-order valence-electron chi connectivity index (χ4n) is 1.29. The molecule has 14 heavy (non-hydrogen) atoms. The normalized spacial score (nSPS) is 10.9. The number of ketones is 1. The summed E-state index contributed by atoms with van der Waals surface area (Å²) in [6.07, 6.45) is 1.42. The van der Waals surface area contributed by atoms with Gasteiger partial charge in [-0.25, -0.2) is 0 Å². The van der Waals surface area contributed by atoms with Crippen LogP contribution in [0.4, 0.5) is 0 Å². The smallest absolute Gasteiger partial charge is 0.141 e. The zero-order valence-electron chi connectivity index (χ0n) is 9.37. The molecular weight excluding hydrogens is 176 g/mol. The number of nitrogens with zero attached hydrogens (tertiary/aromatic N) is 2. The maximum Gasteiger partial charge on any atom is 0.141 e. The van der Waals surface area contributed by atoms with Crippen LogP contribution in [-0.2, 0) is 24.7 Å². The summed E-state index contributed by atoms with van der Waals surface area (Å²) in [6, 6.07) is 2.01. The van der Waals surface area contributed by atoms with Gasteiger partial charge in [-0.1, -0.05) is 20.8 Å². The number of hydrogen-bond donors (Lipinski definition) is 0. The van der Waals surface area contributed by atoms with E-state index in [1.165, 1.54) is 0 Å². The van der Waals surface area contributed by atoms with Crippen LogP contribution >= 0.6 is 0 Å². The maximum absolute atomic E-state index is 11.5. The first-order chi connectivity index (χ1) is 6.54. The van der Waals surface area contributed by atoms with Crippen LogP contribution < -0.4 is 0 Å². The first-order valence-corrected chi connectivity index (χ1v) is 5.09. The van der Waals surface area contributed by atoms with Gasteiger partial charge in [0.1, 0.15) is 5.78 Å². The van der Waals surface area contributed by atoms with Crippen LogP contribution in [0.25, 0.3) is 0 Å². The highest BCUT2D eigenvalue weighted by Crippen LogP contribution is 2.08. The lowest BCUT2D eigenvalue weighted by Crippen LogP contribution is -2.12. The molecule has 0 bridgehead atoms. The highest BCUT2D eigenvalue weighted by Gasteiger charge is 2.11. The molecule has 0 N–H and O–H groups in total. The fourth-order valence-corrected chi connectivity index (χ4v) is 1.29. The van der Waals surface area contributed by atoms with Crippen LogP contribution in [-0.4, -0.2) is 15.6 Å². The van der Waals surface area contributed by atoms with Crippen LogP contribution in [0.15, 0.2) is 6.07 Å². The number of carbonyl (C=O) groups is 1. The van der Waals surface area contributed by atoms with Gasteiger partial charge in [-0.2, -0.15) is 5.10 Å². The number of aromatic nitrogens is 2. The largest absolute Gasteiger partial charge is 0.299 e. The Hall–Kier alpha value is -1.12. The summed E-state index contributed by atoms with van der Waals surface area (Å²) in [5, 5.41) is 4.31. The minimum atomic E-state index is 0.106. The van der Waals surface area contributed by atoms with Gasteiger partial charge in [-0.15, -0.1) is 0 Å². The van der Waals surface area contributed by atoms with Crippen molar-refractivity contribution in [2.45, 2.75) is 33.6 Å². The number of aryl methyl sites for hydroxylation is 2. The number of rotatable bonds is 4. The predicted molar refractivity (Wildman–Crippen MR) is 56.1 cm³/mol. The molecule has 0 saturated carbocycles. The van der Waals surface area contributed by atoms with E-state index >= 15 is 0 Å². The van der Waals surface area contributed by atoms with E-state index in [4.69, 9.17) is 0 Å². The van der Waals surface area contributed by atoms with E-state index in [1.54, 1.807) is 4.68 Å². The quantitative estimate of drug-likeness (QED) is 0.732. The summed E-state index contributed by atoms with van der Waals surface area (Å²) >= 11 is 0. The van der Waals surface area contributed by atoms with Crippen molar-refractivity contribution < 1.29 is 4.79 Å². The molecule has 0 saturated heterocycles. The molecule has 1 rings (SSSR count). The van der Waals surface area contributed by atoms with Gasteiger partial charge in [-0.05, 0) is 12.5 Å². The van der Waals surface area contributed by atoms with Crippen LogP contribution in [0.3, 0.4) is 0 Å². The summed E-state index contributed by atoms with van der Waals surface area (Å²) < 4.78 is 1.80. The predicted octanol–water partition coefficient (Wildman–Crippen LogP) is 1.75. The molecule has 0 unspecified atom stereocenters. The maximum atomic E-state index is 11.5. The van der Waals surface area contributed by atoms with Crippen molar-refractivity contribution >= 4 is 5.78 Å². The molecule has 1 aromatic heterocycles. The summed E-state index contributed by atoms with van der Waals surface area (Å²) in [7, 11) is 1.89. The first kappa shape index (κ1) is 11.0. The fraction of sp³-hybridized carbons (Fsp3) is 0.636. The minimum absolute atomic E-state index is 0.106. The Labute approximate surface area is 85.1 Å². The molecule has 0 aliphatic rings. The Morgan fingerprint density at radius 3 is 2.64 bits per heavy atom. The third kappa shape index (κ3) is 2.44. The van der Waals surface area contributed by atoms with Gasteiger partial charge in [0.05, 0.1) is 5.69 Å². The minimum Gasteiger partial charge on any atom is -0.299 e. The topological polar surface area (TPSA) is 34.9 Å². The molecular formula is C11H18N2O. The van der Waals surface area contributed by atoms with Crippen molar-refractivity contribution in [3.8, 4) is 0 Å². The van der Waals surface area contributed by atoms with Crippen molar-refractivity contribution in [1.29, 1.82) is 0 Å². The molecule has 0 fully saturated rings. The van der Waals surface area contributed by atoms with Crippen LogP contribution in [0.2, 0.25) is 0 Å². The zero-order valence-corrected chi connectivity index (χ0v) is 9.37. The van der Waals surface area contributed by atoms with Gasteiger partial charge < -0.3 is 0 Å². The second-order valence-corrected chi connectivity index (χ2v) is 3.90. The average molecular weight is 194 g/mol. The third-order valence-electron chi connectivity index (χ3n) is 2.39. The highest BCUT2D eigenvalue weighted by molar-refractivity contribution is 5.82. The van der Waals surface area contributed by atoms with Gasteiger partial charge in [0.15, 0.2) is 0 Å². The van der Waals surface area contributed by atoms with Gasteiger partial charge in [0.25, 0.3) is 0 Å². The van der Waals surface area contributed by atoms with Crippen molar-refractivity contribution in [2.75, 3.05) is 0 Å². The number of hydrogen-bond acceptors (Lipinski definition) is 2. The molecule has 0 aliphatic heterocycles. The van der Waals surface area contributed by atoms with E-state index in [-0.39, 0.29) is 11.7 Å². The molecule has 1 aromatic rings. The second kappa shape index (κ2) is 4.40. The molecule has 78 valence electrons. The Morgan fingerprint density at radius 1 is 1.57 bits per heavy atom. The van der Waals surface area contributed by atoms with Gasteiger partial charge >= 0.3 is 0 Å². The average Bonchev–Trinajstić information content (AvgIpc) is 2.47. The van der Waals surface area contributed by atoms with E-state index in [2.05, 4.69) is 12.0 Å². The van der Waals surface area contributed by atoms with Crippen molar-refractivity contribution in [1.82, 2.24) is 9.78 Å². The van der Waals surface area contributed by atoms with E-state index in [1.807, 2.05) is 27.0 Å². The summed E-state index contributed by atoms with van der Waals surface area (Å²) in [5.74, 6) is 0.380. The lowest BCUT2D eigenvalue weighted by molar-refractivity contribution is -0.121. The van der Waals surface area contributed by atoms with Crippen molar-refractivity contribution in [3.63, 3.8) is 0 Å². The first-order valence-electron chi connectivity index (χ1n) is 5.09. The molecule has 0 spiro atoms. The van der Waals surface area contributed by atoms with Gasteiger partial charge in [0, 0.05) is 25.1 Å². The lowest BCUT2D eigenvalue weighted by Gasteiger charge is -2.03. The summed E-state index contributed by atoms with van der Waals surface area (Å²) in [6.45, 7) is 5.93. The molecule has 0 radical (unpaired) electrons. The van der Waals surface area contributed by atoms with E-state index in [0.29, 0.717) is 6.42 Å². The molecule has 0 aliphatic carbocycles. The van der Waals surface area contributed by atoms with E-state index in [9.17, 15) is 4.79 Å². The SMILES string of the molecule is CCc1cc(CC(=O)C(C)C)n(C)n1. The van der Waals surface area contributed by atoms with E-state index in [0.717, 1.165) is 17.8 Å². The Balaban J connectivity index is 2.76. The van der Waals surface area contributed by atoms with Crippen LogP contribution in [0.5, 0.6) is 0 Å². The molecule has 0 aromatic carbocycles. The molecule has 3 heteroatoms. The summed E-state index contributed by atoms with van der Waals surface area (Å²) in [5.41, 5.74) is 2.07. The monoisotopic (exact) mass is 194 g/mol. The Kier molecular flexibility index (Phi) is 3.44. The van der Waals surface area contributed by atoms with Crippen molar-refractivity contribution in [3.05, 3.63) is 17.5 Å². The van der Waals surface area contributed by atoms with E-state index < -0.39 is 0 Å². The third-order valence-corrected chi connectivity index (χ3v) is 2.39. The van der Waals surface area contributed by atoms with Gasteiger partial charge in [0.2, 0.25) is 0 Å². The Bertz CT molecular complexity index is 326. The molecule has 0 amide bonds. The number of carbonyl (C=O) groups excluding carboxylic acids is 1. The van der Waals surface area contributed by atoms with Crippen molar-refractivity contribution in [2.24, 2.45) is 13.0 Å². The molecule has 1 heterocycles. The second-order valence-electron chi connectivity index (χ2n) is 3.90. The molecule has 0 atom stereocenters. The van der Waals surface area contributed by atoms with Crippen LogP contribution in [0.1, 0.15) is 32.2 Å². The van der Waals surface area contributed by atoms with Gasteiger partial charge in [-0.3, -0.25) is 9.48 Å². The highest BCUT2D eigenvalue weighted by atomic mass is 16.1. The number of Topliss-reactive ketones (excluding diaryl/α,β-unsaturated/α-hetero) is 1. The molecule has 3 nitrogen and oxygen atoms in total. The van der Waals surface area contributed by atoms with Crippen LogP contribution in [0, 0.1) is 5.92 Å². The lowest BCUT2D eigenvalue weighted by atomic mass is 10.0. The standard InChI is InChI=1S/C11H18N2O/c1-5-9-6-10(13(4)12-9)7-11(14)8(2)3/h6,8H,5,7H2,1-4H3. The Morgan fingerprint density at radius 2 is 2.21 bits per heavy atom. The zero-order chi connectivity index (χ0) is 10.7. The summed E-state index contributed by atoms with van der Waals surface area (Å²) in [4.78, 5) is 11.5.